The van der Waals surface area contributed by atoms with Crippen LogP contribution in [0.4, 0.5) is 33.5 Å². The van der Waals surface area contributed by atoms with E-state index in [0.717, 1.165) is 35.2 Å². The van der Waals surface area contributed by atoms with Gasteiger partial charge in [-0.1, -0.05) is 0 Å². The highest BCUT2D eigenvalue weighted by molar-refractivity contribution is 5.96. The summed E-state index contributed by atoms with van der Waals surface area (Å²) in [4.78, 5) is 33.3. The summed E-state index contributed by atoms with van der Waals surface area (Å²) in [6, 6.07) is 8.38. The molecule has 1 fully saturated rings. The monoisotopic (exact) mass is 677 g/mol. The maximum atomic E-state index is 14.8. The van der Waals surface area contributed by atoms with Gasteiger partial charge in [-0.2, -0.15) is 17.6 Å². The normalized spacial score (nSPS) is 15.4. The van der Waals surface area contributed by atoms with Crippen molar-refractivity contribution in [1.82, 2.24) is 19.3 Å². The number of nitrogens with one attached hydrogen (secondary N) is 1. The molecule has 48 heavy (non-hydrogen) atoms. The fraction of sp³-hybridized carbons (Fsp3) is 0.394. The smallest absolute Gasteiger partial charge is 0.490 e. The number of nitrogens with zero attached hydrogens (tertiary/aromatic N) is 5. The van der Waals surface area contributed by atoms with E-state index < -0.39 is 23.8 Å². The van der Waals surface area contributed by atoms with Crippen LogP contribution in [0.3, 0.4) is 0 Å². The number of hydrogen-bond acceptors (Lipinski definition) is 7. The van der Waals surface area contributed by atoms with Gasteiger partial charge in [0.2, 0.25) is 5.82 Å². The first kappa shape index (κ1) is 36.1. The minimum absolute atomic E-state index is 0.00247. The number of hydrogen-bond donors (Lipinski definition) is 1. The maximum Gasteiger partial charge on any atom is 0.490 e. The lowest BCUT2D eigenvalue weighted by Gasteiger charge is -2.24. The van der Waals surface area contributed by atoms with Gasteiger partial charge in [0.05, 0.1) is 53.3 Å². The van der Waals surface area contributed by atoms with Crippen LogP contribution < -0.4 is 10.1 Å². The van der Waals surface area contributed by atoms with E-state index in [1.807, 2.05) is 37.1 Å². The highest BCUT2D eigenvalue weighted by atomic mass is 19.4. The number of amides is 1. The molecule has 1 atom stereocenters. The average molecular weight is 678 g/mol. The van der Waals surface area contributed by atoms with Crippen molar-refractivity contribution >= 4 is 29.0 Å². The molecule has 0 saturated carbocycles. The summed E-state index contributed by atoms with van der Waals surface area (Å²) in [5, 5.41) is 3.25. The Morgan fingerprint density at radius 3 is 2.42 bits per heavy atom. The highest BCUT2D eigenvalue weighted by Gasteiger charge is 2.40. The molecule has 1 N–H and O–H groups in total. The van der Waals surface area contributed by atoms with Gasteiger partial charge in [0.25, 0.3) is 5.91 Å². The van der Waals surface area contributed by atoms with E-state index >= 15 is 0 Å². The van der Waals surface area contributed by atoms with Gasteiger partial charge in [-0.25, -0.2) is 19.2 Å². The Kier molecular flexibility index (Phi) is 10.9. The summed E-state index contributed by atoms with van der Waals surface area (Å²) in [5.41, 5.74) is 3.10. The van der Waals surface area contributed by atoms with E-state index in [4.69, 9.17) is 4.74 Å². The number of carbonyl (C=O) groups is 2. The predicted molar refractivity (Wildman–Crippen MR) is 169 cm³/mol. The molecule has 2 aromatic carbocycles. The molecular weight excluding hydrogens is 639 g/mol. The molecule has 10 nitrogen and oxygen atoms in total. The third-order valence-electron chi connectivity index (χ3n) is 8.22. The van der Waals surface area contributed by atoms with E-state index in [0.29, 0.717) is 35.8 Å². The average Bonchev–Trinajstić information content (AvgIpc) is 3.63. The molecule has 0 aliphatic carbocycles. The Morgan fingerprint density at radius 2 is 1.83 bits per heavy atom. The SMILES string of the molecule is COC(=O)C(F)(F)F.COc1ccc(-c2cnc3c(Nc4ccc(C(=O)N(C)CCC5CC[N+](C)(C)C5)c(C)c4)nccn23)c(F)c1F. The zero-order valence-electron chi connectivity index (χ0n) is 27.5. The number of ether oxygens (including phenoxy) is 2. The van der Waals surface area contributed by atoms with Crippen LogP contribution in [0.5, 0.6) is 5.75 Å². The number of alkyl halides is 3. The van der Waals surface area contributed by atoms with Crippen molar-refractivity contribution in [2.75, 3.05) is 60.3 Å². The highest BCUT2D eigenvalue weighted by Crippen LogP contribution is 2.32. The molecular formula is C33H38F5N6O4+. The van der Waals surface area contributed by atoms with Crippen molar-refractivity contribution in [3.63, 3.8) is 0 Å². The second kappa shape index (κ2) is 14.5. The van der Waals surface area contributed by atoms with Crippen molar-refractivity contribution in [1.29, 1.82) is 0 Å². The number of imidazole rings is 1. The van der Waals surface area contributed by atoms with Gasteiger partial charge in [-0.05, 0) is 49.2 Å². The summed E-state index contributed by atoms with van der Waals surface area (Å²) in [5.74, 6) is -3.31. The second-order valence-corrected chi connectivity index (χ2v) is 12.2. The first-order chi connectivity index (χ1) is 22.6. The van der Waals surface area contributed by atoms with Crippen LogP contribution in [0.2, 0.25) is 0 Å². The number of esters is 1. The molecule has 0 spiro atoms. The molecule has 1 aliphatic heterocycles. The van der Waals surface area contributed by atoms with E-state index in [-0.39, 0.29) is 17.2 Å². The van der Waals surface area contributed by atoms with Gasteiger partial charge in [0.1, 0.15) is 0 Å². The first-order valence-corrected chi connectivity index (χ1v) is 15.0. The second-order valence-electron chi connectivity index (χ2n) is 12.2. The molecule has 1 amide bonds. The molecule has 1 aliphatic rings. The van der Waals surface area contributed by atoms with Crippen LogP contribution in [-0.2, 0) is 9.53 Å². The van der Waals surface area contributed by atoms with Gasteiger partial charge < -0.3 is 24.2 Å². The number of methoxy groups -OCH3 is 2. The Morgan fingerprint density at radius 1 is 1.10 bits per heavy atom. The predicted octanol–water partition coefficient (Wildman–Crippen LogP) is 6.02. The van der Waals surface area contributed by atoms with Crippen LogP contribution in [0.1, 0.15) is 28.8 Å². The molecule has 258 valence electrons. The Hall–Kier alpha value is -4.79. The number of halogens is 5. The number of benzene rings is 2. The molecule has 0 radical (unpaired) electrons. The Labute approximate surface area is 274 Å². The van der Waals surface area contributed by atoms with Gasteiger partial charge in [0, 0.05) is 55.1 Å². The van der Waals surface area contributed by atoms with Gasteiger partial charge in [-0.3, -0.25) is 9.20 Å². The van der Waals surface area contributed by atoms with Gasteiger partial charge in [-0.15, -0.1) is 0 Å². The molecule has 0 bridgehead atoms. The van der Waals surface area contributed by atoms with Crippen LogP contribution in [0.15, 0.2) is 48.9 Å². The van der Waals surface area contributed by atoms with Gasteiger partial charge >= 0.3 is 12.1 Å². The van der Waals surface area contributed by atoms with Crippen LogP contribution in [0, 0.1) is 24.5 Å². The fourth-order valence-corrected chi connectivity index (χ4v) is 5.66. The third kappa shape index (κ3) is 8.19. The zero-order valence-corrected chi connectivity index (χ0v) is 27.5. The number of fused-ring (bicyclic) bond motifs is 1. The van der Waals surface area contributed by atoms with Crippen molar-refractivity contribution < 1.29 is 45.5 Å². The molecule has 2 aromatic heterocycles. The molecule has 1 unspecified atom stereocenters. The number of carbonyl (C=O) groups excluding carboxylic acids is 2. The van der Waals surface area contributed by atoms with Crippen LogP contribution in [0.25, 0.3) is 16.9 Å². The van der Waals surface area contributed by atoms with Crippen LogP contribution >= 0.6 is 0 Å². The number of anilines is 2. The van der Waals surface area contributed by atoms with Crippen molar-refractivity contribution in [2.24, 2.45) is 5.92 Å². The summed E-state index contributed by atoms with van der Waals surface area (Å²) in [7, 11) is 8.35. The topological polar surface area (TPSA) is 98.1 Å². The minimum atomic E-state index is -4.85. The van der Waals surface area contributed by atoms with E-state index in [1.165, 1.54) is 38.4 Å². The molecule has 15 heteroatoms. The molecule has 4 aromatic rings. The van der Waals surface area contributed by atoms with Crippen molar-refractivity contribution in [2.45, 2.75) is 25.9 Å². The molecule has 3 heterocycles. The molecule has 5 rings (SSSR count). The lowest BCUT2D eigenvalue weighted by molar-refractivity contribution is -0.879. The van der Waals surface area contributed by atoms with E-state index in [2.05, 4.69) is 34.1 Å². The van der Waals surface area contributed by atoms with Crippen LogP contribution in [-0.4, -0.2) is 96.8 Å². The van der Waals surface area contributed by atoms with E-state index in [1.54, 1.807) is 16.8 Å². The minimum Gasteiger partial charge on any atom is -0.494 e. The fourth-order valence-electron chi connectivity index (χ4n) is 5.66. The summed E-state index contributed by atoms with van der Waals surface area (Å²) in [6.07, 6.45) is 2.04. The van der Waals surface area contributed by atoms with E-state index in [9.17, 15) is 31.5 Å². The number of aryl methyl sites for hydroxylation is 1. The van der Waals surface area contributed by atoms with Crippen molar-refractivity contribution in [3.05, 3.63) is 71.7 Å². The summed E-state index contributed by atoms with van der Waals surface area (Å²) >= 11 is 0. The quantitative estimate of drug-likeness (QED) is 0.139. The summed E-state index contributed by atoms with van der Waals surface area (Å²) < 4.78 is 73.0. The number of rotatable bonds is 8. The lowest BCUT2D eigenvalue weighted by atomic mass is 10.0. The number of aromatic nitrogens is 3. The molecule has 1 saturated heterocycles. The van der Waals surface area contributed by atoms with Crippen molar-refractivity contribution in [3.8, 4) is 17.0 Å². The largest absolute Gasteiger partial charge is 0.494 e. The number of quaternary nitrogens is 1. The van der Waals surface area contributed by atoms with Gasteiger partial charge in [0.15, 0.2) is 23.0 Å². The standard InChI is InChI=1S/C30H34F2N6O2.C3H3F3O2/c1-19-16-21(6-7-22(19)30(39)36(2)13-10-20-11-15-38(3,4)18-20)35-28-29-34-17-24(37(29)14-12-33-28)23-8-9-25(40-5)27(32)26(23)31;1-8-2(7)3(4,5)6/h6-9,12,14,16-17,20H,10-11,13,15,18H2,1-5H3;1H3/p+1. The first-order valence-electron chi connectivity index (χ1n) is 15.0. The zero-order chi connectivity index (χ0) is 35.4. The Balaban J connectivity index is 0.000000579. The lowest BCUT2D eigenvalue weighted by Crippen LogP contribution is -2.37. The number of likely N-dealkylation sites (tertiary alicyclic amines) is 1. The Bertz CT molecular complexity index is 1790. The summed E-state index contributed by atoms with van der Waals surface area (Å²) in [6.45, 7) is 4.99. The third-order valence-corrected chi connectivity index (χ3v) is 8.22. The maximum absolute atomic E-state index is 14.8.